The molecular weight excluding hydrogens is 246 g/mol. The molecule has 0 heterocycles. The van der Waals surface area contributed by atoms with Crippen LogP contribution in [0.1, 0.15) is 30.4 Å². The van der Waals surface area contributed by atoms with Gasteiger partial charge in [-0.15, -0.1) is 0 Å². The molecule has 0 bridgehead atoms. The minimum Gasteiger partial charge on any atom is -0.313 e. The quantitative estimate of drug-likeness (QED) is 0.854. The molecule has 2 rings (SSSR count). The largest absolute Gasteiger partial charge is 0.313 e. The number of rotatable bonds is 6. The van der Waals surface area contributed by atoms with Crippen molar-refractivity contribution in [2.75, 3.05) is 18.6 Å². The van der Waals surface area contributed by atoms with Gasteiger partial charge in [0.1, 0.15) is 9.84 Å². The van der Waals surface area contributed by atoms with Crippen LogP contribution < -0.4 is 5.32 Å². The lowest BCUT2D eigenvalue weighted by Gasteiger charge is -2.33. The standard InChI is InChI=1S/C14H21NO2S/c1-3-15-13(10-18(2,16)17)9-12-8-11-6-4-5-7-14(11)12/h4-7,12-13,15H,3,8-10H2,1-2H3. The first-order chi connectivity index (χ1) is 8.49. The predicted octanol–water partition coefficient (Wildman–Crippen LogP) is 1.74. The van der Waals surface area contributed by atoms with Crippen molar-refractivity contribution in [2.24, 2.45) is 0 Å². The van der Waals surface area contributed by atoms with E-state index in [9.17, 15) is 8.42 Å². The lowest BCUT2D eigenvalue weighted by molar-refractivity contribution is 0.446. The normalized spacial score (nSPS) is 20.0. The van der Waals surface area contributed by atoms with Crippen molar-refractivity contribution in [1.29, 1.82) is 0 Å². The molecule has 1 N–H and O–H groups in total. The Morgan fingerprint density at radius 3 is 2.72 bits per heavy atom. The number of fused-ring (bicyclic) bond motifs is 1. The second-order valence-corrected chi connectivity index (χ2v) is 7.37. The molecule has 3 nitrogen and oxygen atoms in total. The summed E-state index contributed by atoms with van der Waals surface area (Å²) in [7, 11) is -2.92. The van der Waals surface area contributed by atoms with Gasteiger partial charge < -0.3 is 5.32 Å². The van der Waals surface area contributed by atoms with E-state index in [0.717, 1.165) is 19.4 Å². The second-order valence-electron chi connectivity index (χ2n) is 5.18. The monoisotopic (exact) mass is 267 g/mol. The van der Waals surface area contributed by atoms with Crippen molar-refractivity contribution in [1.82, 2.24) is 5.32 Å². The zero-order valence-corrected chi connectivity index (χ0v) is 11.8. The van der Waals surface area contributed by atoms with Crippen molar-refractivity contribution in [3.63, 3.8) is 0 Å². The lowest BCUT2D eigenvalue weighted by atomic mass is 9.74. The van der Waals surface area contributed by atoms with E-state index in [1.165, 1.54) is 17.4 Å². The Bertz CT molecular complexity index is 510. The predicted molar refractivity (Wildman–Crippen MR) is 74.7 cm³/mol. The molecule has 0 radical (unpaired) electrons. The molecule has 18 heavy (non-hydrogen) atoms. The maximum Gasteiger partial charge on any atom is 0.148 e. The number of hydrogen-bond acceptors (Lipinski definition) is 3. The van der Waals surface area contributed by atoms with Crippen LogP contribution in [0, 0.1) is 0 Å². The van der Waals surface area contributed by atoms with Crippen molar-refractivity contribution in [2.45, 2.75) is 31.7 Å². The van der Waals surface area contributed by atoms with Crippen LogP contribution in [0.2, 0.25) is 0 Å². The zero-order chi connectivity index (χ0) is 13.2. The first-order valence-corrected chi connectivity index (χ1v) is 8.54. The van der Waals surface area contributed by atoms with Crippen LogP contribution in [0.5, 0.6) is 0 Å². The van der Waals surface area contributed by atoms with E-state index < -0.39 is 9.84 Å². The van der Waals surface area contributed by atoms with Crippen LogP contribution in [-0.4, -0.2) is 33.0 Å². The van der Waals surface area contributed by atoms with Crippen LogP contribution in [0.15, 0.2) is 24.3 Å². The highest BCUT2D eigenvalue weighted by molar-refractivity contribution is 7.90. The Kier molecular flexibility index (Phi) is 4.07. The van der Waals surface area contributed by atoms with Gasteiger partial charge >= 0.3 is 0 Å². The summed E-state index contributed by atoms with van der Waals surface area (Å²) in [6.07, 6.45) is 3.31. The fraction of sp³-hybridized carbons (Fsp3) is 0.571. The molecule has 2 unspecified atom stereocenters. The maximum atomic E-state index is 11.4. The van der Waals surface area contributed by atoms with E-state index in [2.05, 4.69) is 29.6 Å². The van der Waals surface area contributed by atoms with E-state index in [-0.39, 0.29) is 11.8 Å². The van der Waals surface area contributed by atoms with Gasteiger partial charge in [-0.2, -0.15) is 0 Å². The molecule has 2 atom stereocenters. The summed E-state index contributed by atoms with van der Waals surface area (Å²) in [6, 6.07) is 8.51. The molecule has 4 heteroatoms. The van der Waals surface area contributed by atoms with Crippen molar-refractivity contribution in [3.05, 3.63) is 35.4 Å². The third-order valence-corrected chi connectivity index (χ3v) is 4.53. The Morgan fingerprint density at radius 1 is 1.39 bits per heavy atom. The zero-order valence-electron chi connectivity index (χ0n) is 11.0. The smallest absolute Gasteiger partial charge is 0.148 e. The molecule has 0 fully saturated rings. The van der Waals surface area contributed by atoms with Gasteiger partial charge in [0.2, 0.25) is 0 Å². The molecule has 1 aliphatic rings. The van der Waals surface area contributed by atoms with Gasteiger partial charge in [0, 0.05) is 12.3 Å². The molecule has 0 saturated heterocycles. The summed E-state index contributed by atoms with van der Waals surface area (Å²) in [5.74, 6) is 0.756. The van der Waals surface area contributed by atoms with Gasteiger partial charge in [0.05, 0.1) is 5.75 Å². The molecule has 0 spiro atoms. The molecule has 0 aromatic heterocycles. The summed E-state index contributed by atoms with van der Waals surface area (Å²) < 4.78 is 22.8. The summed E-state index contributed by atoms with van der Waals surface area (Å²) in [6.45, 7) is 2.83. The average molecular weight is 267 g/mol. The SMILES string of the molecule is CCNC(CC1Cc2ccccc21)CS(C)(=O)=O. The van der Waals surface area contributed by atoms with Crippen LogP contribution >= 0.6 is 0 Å². The molecule has 0 amide bonds. The molecule has 1 aromatic carbocycles. The van der Waals surface area contributed by atoms with Crippen LogP contribution in [0.25, 0.3) is 0 Å². The first-order valence-electron chi connectivity index (χ1n) is 6.48. The lowest BCUT2D eigenvalue weighted by Crippen LogP contribution is -2.38. The number of hydrogen-bond donors (Lipinski definition) is 1. The van der Waals surface area contributed by atoms with Crippen LogP contribution in [-0.2, 0) is 16.3 Å². The van der Waals surface area contributed by atoms with Crippen molar-refractivity contribution < 1.29 is 8.42 Å². The third kappa shape index (κ3) is 3.33. The number of sulfone groups is 1. The molecule has 1 aliphatic carbocycles. The van der Waals surface area contributed by atoms with Gasteiger partial charge in [-0.3, -0.25) is 0 Å². The number of nitrogens with one attached hydrogen (secondary N) is 1. The van der Waals surface area contributed by atoms with Gasteiger partial charge in [-0.1, -0.05) is 31.2 Å². The van der Waals surface area contributed by atoms with Gasteiger partial charge in [-0.05, 0) is 36.4 Å². The second kappa shape index (κ2) is 5.41. The molecule has 0 aliphatic heterocycles. The average Bonchev–Trinajstić information content (AvgIpc) is 2.24. The Morgan fingerprint density at radius 2 is 2.11 bits per heavy atom. The Balaban J connectivity index is 1.99. The van der Waals surface area contributed by atoms with E-state index in [1.54, 1.807) is 0 Å². The summed E-state index contributed by atoms with van der Waals surface area (Å²) in [5, 5.41) is 3.29. The molecule has 1 aromatic rings. The van der Waals surface area contributed by atoms with Gasteiger partial charge in [0.15, 0.2) is 0 Å². The van der Waals surface area contributed by atoms with E-state index in [4.69, 9.17) is 0 Å². The van der Waals surface area contributed by atoms with Crippen LogP contribution in [0.4, 0.5) is 0 Å². The molecule has 0 saturated carbocycles. The Hall–Kier alpha value is -0.870. The Labute approximate surface area is 110 Å². The van der Waals surface area contributed by atoms with Gasteiger partial charge in [0.25, 0.3) is 0 Å². The minimum atomic E-state index is -2.92. The van der Waals surface area contributed by atoms with Crippen molar-refractivity contribution >= 4 is 9.84 Å². The fourth-order valence-corrected chi connectivity index (χ4v) is 3.77. The topological polar surface area (TPSA) is 46.2 Å². The van der Waals surface area contributed by atoms with E-state index >= 15 is 0 Å². The van der Waals surface area contributed by atoms with Gasteiger partial charge in [-0.25, -0.2) is 8.42 Å². The third-order valence-electron chi connectivity index (χ3n) is 3.53. The number of benzene rings is 1. The highest BCUT2D eigenvalue weighted by Gasteiger charge is 2.28. The van der Waals surface area contributed by atoms with E-state index in [0.29, 0.717) is 5.92 Å². The highest BCUT2D eigenvalue weighted by Crippen LogP contribution is 2.38. The maximum absolute atomic E-state index is 11.4. The van der Waals surface area contributed by atoms with Crippen LogP contribution in [0.3, 0.4) is 0 Å². The summed E-state index contributed by atoms with van der Waals surface area (Å²) in [5.41, 5.74) is 2.81. The first kappa shape index (κ1) is 13.6. The molecule has 100 valence electrons. The molecular formula is C14H21NO2S. The van der Waals surface area contributed by atoms with E-state index in [1.807, 2.05) is 6.92 Å². The highest BCUT2D eigenvalue weighted by atomic mass is 32.2. The summed E-state index contributed by atoms with van der Waals surface area (Å²) >= 11 is 0. The minimum absolute atomic E-state index is 0.0726. The van der Waals surface area contributed by atoms with Crippen molar-refractivity contribution in [3.8, 4) is 0 Å². The summed E-state index contributed by atoms with van der Waals surface area (Å²) in [4.78, 5) is 0. The fourth-order valence-electron chi connectivity index (χ4n) is 2.78.